The molecule has 1 fully saturated rings. The Morgan fingerprint density at radius 3 is 2.61 bits per heavy atom. The van der Waals surface area contributed by atoms with Gasteiger partial charge in [-0.25, -0.2) is 0 Å². The van der Waals surface area contributed by atoms with Gasteiger partial charge in [0, 0.05) is 18.2 Å². The number of rotatable bonds is 6. The Hall–Kier alpha value is -1.39. The SMILES string of the molecule is Cc1cccc(C)c1NC(=O)CCCN1CCCC1C(C)(C)O. The van der Waals surface area contributed by atoms with Crippen LogP contribution < -0.4 is 5.32 Å². The van der Waals surface area contributed by atoms with E-state index in [1.165, 1.54) is 0 Å². The van der Waals surface area contributed by atoms with E-state index in [4.69, 9.17) is 0 Å². The first kappa shape index (κ1) is 18.0. The molecule has 1 unspecified atom stereocenters. The van der Waals surface area contributed by atoms with Crippen molar-refractivity contribution >= 4 is 11.6 Å². The van der Waals surface area contributed by atoms with Gasteiger partial charge in [0.05, 0.1) is 5.60 Å². The molecule has 1 aromatic carbocycles. The number of carbonyl (C=O) groups excluding carboxylic acids is 1. The van der Waals surface area contributed by atoms with Gasteiger partial charge >= 0.3 is 0 Å². The highest BCUT2D eigenvalue weighted by Crippen LogP contribution is 2.27. The quantitative estimate of drug-likeness (QED) is 0.846. The van der Waals surface area contributed by atoms with Crippen LogP contribution in [0.25, 0.3) is 0 Å². The number of likely N-dealkylation sites (tertiary alicyclic amines) is 1. The van der Waals surface area contributed by atoms with Crippen molar-refractivity contribution in [1.82, 2.24) is 4.90 Å². The largest absolute Gasteiger partial charge is 0.389 e. The van der Waals surface area contributed by atoms with E-state index in [0.29, 0.717) is 6.42 Å². The van der Waals surface area contributed by atoms with Crippen LogP contribution in [-0.2, 0) is 4.79 Å². The maximum atomic E-state index is 12.2. The van der Waals surface area contributed by atoms with Crippen LogP contribution in [0.1, 0.15) is 50.7 Å². The molecule has 4 heteroatoms. The lowest BCUT2D eigenvalue weighted by molar-refractivity contribution is -0.116. The standard InChI is InChI=1S/C19H30N2O2/c1-14-8-5-9-15(2)18(14)20-17(22)11-7-13-21-12-6-10-16(21)19(3,4)23/h5,8-9,16,23H,6-7,10-13H2,1-4H3,(H,20,22). The van der Waals surface area contributed by atoms with E-state index in [1.54, 1.807) is 0 Å². The number of aliphatic hydroxyl groups is 1. The lowest BCUT2D eigenvalue weighted by atomic mass is 9.96. The summed E-state index contributed by atoms with van der Waals surface area (Å²) in [6.07, 6.45) is 3.51. The molecule has 2 N–H and O–H groups in total. The van der Waals surface area contributed by atoms with Crippen LogP contribution in [-0.4, -0.2) is 40.6 Å². The van der Waals surface area contributed by atoms with E-state index in [1.807, 2.05) is 45.9 Å². The molecule has 128 valence electrons. The number of amides is 1. The average Bonchev–Trinajstić information content (AvgIpc) is 2.91. The molecule has 1 amide bonds. The zero-order chi connectivity index (χ0) is 17.0. The Morgan fingerprint density at radius 1 is 1.35 bits per heavy atom. The maximum absolute atomic E-state index is 12.2. The zero-order valence-electron chi connectivity index (χ0n) is 14.9. The van der Waals surface area contributed by atoms with E-state index in [2.05, 4.69) is 10.2 Å². The van der Waals surface area contributed by atoms with Crippen LogP contribution in [0, 0.1) is 13.8 Å². The Morgan fingerprint density at radius 2 is 2.00 bits per heavy atom. The van der Waals surface area contributed by atoms with Gasteiger partial charge in [0.1, 0.15) is 0 Å². The fourth-order valence-corrected chi connectivity index (χ4v) is 3.55. The number of para-hydroxylation sites is 1. The van der Waals surface area contributed by atoms with Gasteiger partial charge in [-0.15, -0.1) is 0 Å². The molecule has 1 heterocycles. The molecule has 0 aromatic heterocycles. The molecule has 1 saturated heterocycles. The molecule has 0 bridgehead atoms. The summed E-state index contributed by atoms with van der Waals surface area (Å²) in [4.78, 5) is 14.5. The second-order valence-electron chi connectivity index (χ2n) is 7.27. The molecular weight excluding hydrogens is 288 g/mol. The smallest absolute Gasteiger partial charge is 0.224 e. The molecule has 0 radical (unpaired) electrons. The van der Waals surface area contributed by atoms with Gasteiger partial charge in [-0.1, -0.05) is 18.2 Å². The number of carbonyl (C=O) groups is 1. The van der Waals surface area contributed by atoms with Crippen molar-refractivity contribution in [2.75, 3.05) is 18.4 Å². The van der Waals surface area contributed by atoms with E-state index < -0.39 is 5.60 Å². The first-order valence-corrected chi connectivity index (χ1v) is 8.61. The maximum Gasteiger partial charge on any atom is 0.224 e. The van der Waals surface area contributed by atoms with E-state index in [-0.39, 0.29) is 11.9 Å². The Balaban J connectivity index is 1.81. The van der Waals surface area contributed by atoms with Crippen molar-refractivity contribution in [2.45, 2.75) is 65.0 Å². The van der Waals surface area contributed by atoms with Crippen molar-refractivity contribution in [2.24, 2.45) is 0 Å². The van der Waals surface area contributed by atoms with Crippen molar-refractivity contribution in [3.05, 3.63) is 29.3 Å². The molecule has 1 aliphatic heterocycles. The van der Waals surface area contributed by atoms with Gasteiger partial charge in [-0.2, -0.15) is 0 Å². The monoisotopic (exact) mass is 318 g/mol. The van der Waals surface area contributed by atoms with Gasteiger partial charge in [-0.05, 0) is 71.2 Å². The first-order chi connectivity index (χ1) is 10.8. The van der Waals surface area contributed by atoms with Crippen LogP contribution >= 0.6 is 0 Å². The van der Waals surface area contributed by atoms with Crippen LogP contribution in [0.4, 0.5) is 5.69 Å². The summed E-state index contributed by atoms with van der Waals surface area (Å²) in [5, 5.41) is 13.3. The molecule has 1 aliphatic rings. The van der Waals surface area contributed by atoms with Crippen LogP contribution in [0.15, 0.2) is 18.2 Å². The lowest BCUT2D eigenvalue weighted by Crippen LogP contribution is -2.45. The minimum atomic E-state index is -0.670. The van der Waals surface area contributed by atoms with Gasteiger partial charge in [0.25, 0.3) is 0 Å². The number of anilines is 1. The summed E-state index contributed by atoms with van der Waals surface area (Å²) >= 11 is 0. The van der Waals surface area contributed by atoms with Crippen molar-refractivity contribution in [3.8, 4) is 0 Å². The molecule has 23 heavy (non-hydrogen) atoms. The summed E-state index contributed by atoms with van der Waals surface area (Å²) in [5.74, 6) is 0.0707. The lowest BCUT2D eigenvalue weighted by Gasteiger charge is -2.33. The third-order valence-corrected chi connectivity index (χ3v) is 4.77. The van der Waals surface area contributed by atoms with E-state index in [0.717, 1.165) is 49.2 Å². The second kappa shape index (κ2) is 7.45. The molecular formula is C19H30N2O2. The highest BCUT2D eigenvalue weighted by atomic mass is 16.3. The van der Waals surface area contributed by atoms with Crippen LogP contribution in [0.3, 0.4) is 0 Å². The fraction of sp³-hybridized carbons (Fsp3) is 0.632. The average molecular weight is 318 g/mol. The van der Waals surface area contributed by atoms with E-state index >= 15 is 0 Å². The van der Waals surface area contributed by atoms with Gasteiger partial charge in [0.15, 0.2) is 0 Å². The van der Waals surface area contributed by atoms with Crippen LogP contribution in [0.5, 0.6) is 0 Å². The minimum Gasteiger partial charge on any atom is -0.389 e. The summed E-state index contributed by atoms with van der Waals surface area (Å²) in [6, 6.07) is 6.25. The summed E-state index contributed by atoms with van der Waals surface area (Å²) in [6.45, 7) is 9.68. The molecule has 2 rings (SSSR count). The normalized spacial score (nSPS) is 19.1. The van der Waals surface area contributed by atoms with Crippen molar-refractivity contribution in [3.63, 3.8) is 0 Å². The van der Waals surface area contributed by atoms with Crippen molar-refractivity contribution < 1.29 is 9.90 Å². The Bertz CT molecular complexity index is 529. The second-order valence-corrected chi connectivity index (χ2v) is 7.27. The summed E-state index contributed by atoms with van der Waals surface area (Å²) in [5.41, 5.74) is 2.46. The third-order valence-electron chi connectivity index (χ3n) is 4.77. The number of hydrogen-bond donors (Lipinski definition) is 2. The first-order valence-electron chi connectivity index (χ1n) is 8.61. The summed E-state index contributed by atoms with van der Waals surface area (Å²) in [7, 11) is 0. The molecule has 0 aliphatic carbocycles. The number of nitrogens with zero attached hydrogens (tertiary/aromatic N) is 1. The van der Waals surface area contributed by atoms with Crippen LogP contribution in [0.2, 0.25) is 0 Å². The molecule has 0 spiro atoms. The minimum absolute atomic E-state index is 0.0707. The number of hydrogen-bond acceptors (Lipinski definition) is 3. The predicted molar refractivity (Wildman–Crippen MR) is 94.7 cm³/mol. The molecule has 1 atom stereocenters. The number of nitrogens with one attached hydrogen (secondary N) is 1. The number of benzene rings is 1. The van der Waals surface area contributed by atoms with Crippen molar-refractivity contribution in [1.29, 1.82) is 0 Å². The van der Waals surface area contributed by atoms with Gasteiger partial charge in [0.2, 0.25) is 5.91 Å². The van der Waals surface area contributed by atoms with Gasteiger partial charge < -0.3 is 10.4 Å². The highest BCUT2D eigenvalue weighted by Gasteiger charge is 2.35. The van der Waals surface area contributed by atoms with E-state index in [9.17, 15) is 9.90 Å². The highest BCUT2D eigenvalue weighted by molar-refractivity contribution is 5.92. The number of aryl methyl sites for hydroxylation is 2. The fourth-order valence-electron chi connectivity index (χ4n) is 3.55. The van der Waals surface area contributed by atoms with Gasteiger partial charge in [-0.3, -0.25) is 9.69 Å². The molecule has 4 nitrogen and oxygen atoms in total. The predicted octanol–water partition coefficient (Wildman–Crippen LogP) is 3.26. The topological polar surface area (TPSA) is 52.6 Å². The molecule has 1 aromatic rings. The Kier molecular flexibility index (Phi) is 5.82. The third kappa shape index (κ3) is 4.79. The Labute approximate surface area is 139 Å². The summed E-state index contributed by atoms with van der Waals surface area (Å²) < 4.78 is 0. The molecule has 0 saturated carbocycles. The zero-order valence-corrected chi connectivity index (χ0v) is 14.9.